The summed E-state index contributed by atoms with van der Waals surface area (Å²) >= 11 is 0. The summed E-state index contributed by atoms with van der Waals surface area (Å²) in [5.41, 5.74) is 0.649. The molecular weight excluding hydrogens is 330 g/mol. The van der Waals surface area contributed by atoms with Crippen LogP contribution in [-0.4, -0.2) is 25.2 Å². The van der Waals surface area contributed by atoms with Gasteiger partial charge in [-0.2, -0.15) is 0 Å². The first-order valence-electron chi connectivity index (χ1n) is 9.06. The molecule has 0 aliphatic carbocycles. The van der Waals surface area contributed by atoms with E-state index < -0.39 is 6.10 Å². The first-order valence-corrected chi connectivity index (χ1v) is 9.06. The van der Waals surface area contributed by atoms with Crippen molar-refractivity contribution in [3.05, 3.63) is 48.5 Å². The van der Waals surface area contributed by atoms with Crippen LogP contribution in [0.15, 0.2) is 48.5 Å². The van der Waals surface area contributed by atoms with Crippen LogP contribution in [0.3, 0.4) is 0 Å². The molecule has 0 aliphatic heterocycles. The summed E-state index contributed by atoms with van der Waals surface area (Å²) in [5.74, 6) is 1.83. The third-order valence-corrected chi connectivity index (χ3v) is 3.72. The monoisotopic (exact) mass is 357 g/mol. The zero-order valence-corrected chi connectivity index (χ0v) is 15.7. The summed E-state index contributed by atoms with van der Waals surface area (Å²) in [7, 11) is 0. The van der Waals surface area contributed by atoms with Gasteiger partial charge in [0.2, 0.25) is 0 Å². The smallest absolute Gasteiger partial charge is 0.265 e. The van der Waals surface area contributed by atoms with E-state index in [1.807, 2.05) is 43.3 Å². The molecule has 5 heteroatoms. The van der Waals surface area contributed by atoms with Crippen molar-refractivity contribution in [2.45, 2.75) is 39.7 Å². The van der Waals surface area contributed by atoms with Crippen molar-refractivity contribution in [2.75, 3.05) is 18.5 Å². The average molecular weight is 357 g/mol. The lowest BCUT2D eigenvalue weighted by atomic mass is 10.2. The van der Waals surface area contributed by atoms with Crippen LogP contribution in [-0.2, 0) is 4.79 Å². The van der Waals surface area contributed by atoms with E-state index in [0.717, 1.165) is 18.6 Å². The van der Waals surface area contributed by atoms with Gasteiger partial charge in [0.05, 0.1) is 18.9 Å². The molecule has 1 atom stereocenters. The standard InChI is InChI=1S/C21H27NO4/c1-4-6-15-25-20-10-8-7-9-19(20)22-21(23)16(3)26-18-13-11-17(12-14-18)24-5-2/h7-14,16H,4-6,15H2,1-3H3,(H,22,23). The molecule has 5 nitrogen and oxygen atoms in total. The number of ether oxygens (including phenoxy) is 3. The van der Waals surface area contributed by atoms with E-state index in [1.165, 1.54) is 0 Å². The second kappa shape index (κ2) is 10.3. The van der Waals surface area contributed by atoms with Gasteiger partial charge in [-0.25, -0.2) is 0 Å². The Morgan fingerprint density at radius 2 is 1.69 bits per heavy atom. The third-order valence-electron chi connectivity index (χ3n) is 3.72. The number of hydrogen-bond donors (Lipinski definition) is 1. The van der Waals surface area contributed by atoms with Gasteiger partial charge in [-0.05, 0) is 56.7 Å². The Labute approximate surface area is 155 Å². The van der Waals surface area contributed by atoms with Crippen molar-refractivity contribution in [1.29, 1.82) is 0 Å². The number of unbranched alkanes of at least 4 members (excludes halogenated alkanes) is 1. The first kappa shape index (κ1) is 19.6. The highest BCUT2D eigenvalue weighted by Gasteiger charge is 2.16. The number of carbonyl (C=O) groups excluding carboxylic acids is 1. The predicted octanol–water partition coefficient (Wildman–Crippen LogP) is 4.67. The van der Waals surface area contributed by atoms with Gasteiger partial charge in [0.1, 0.15) is 17.2 Å². The Morgan fingerprint density at radius 3 is 2.38 bits per heavy atom. The van der Waals surface area contributed by atoms with Gasteiger partial charge in [0.25, 0.3) is 5.91 Å². The minimum Gasteiger partial charge on any atom is -0.494 e. The van der Waals surface area contributed by atoms with E-state index in [0.29, 0.717) is 30.4 Å². The van der Waals surface area contributed by atoms with Crippen LogP contribution in [0.4, 0.5) is 5.69 Å². The van der Waals surface area contributed by atoms with Crippen molar-refractivity contribution in [1.82, 2.24) is 0 Å². The van der Waals surface area contributed by atoms with Crippen molar-refractivity contribution in [3.63, 3.8) is 0 Å². The summed E-state index contributed by atoms with van der Waals surface area (Å²) < 4.78 is 16.9. The van der Waals surface area contributed by atoms with Crippen molar-refractivity contribution in [2.24, 2.45) is 0 Å². The minimum atomic E-state index is -0.642. The van der Waals surface area contributed by atoms with E-state index >= 15 is 0 Å². The lowest BCUT2D eigenvalue weighted by Gasteiger charge is -2.17. The molecule has 2 rings (SSSR count). The molecule has 1 unspecified atom stereocenters. The Kier molecular flexibility index (Phi) is 7.80. The van der Waals surface area contributed by atoms with Crippen LogP contribution in [0.1, 0.15) is 33.6 Å². The molecule has 0 aromatic heterocycles. The predicted molar refractivity (Wildman–Crippen MR) is 103 cm³/mol. The van der Waals surface area contributed by atoms with E-state index in [2.05, 4.69) is 12.2 Å². The number of carbonyl (C=O) groups is 1. The van der Waals surface area contributed by atoms with Crippen molar-refractivity contribution < 1.29 is 19.0 Å². The van der Waals surface area contributed by atoms with E-state index in [9.17, 15) is 4.79 Å². The fourth-order valence-corrected chi connectivity index (χ4v) is 2.30. The number of hydrogen-bond acceptors (Lipinski definition) is 4. The molecule has 1 N–H and O–H groups in total. The zero-order valence-electron chi connectivity index (χ0n) is 15.7. The highest BCUT2D eigenvalue weighted by Crippen LogP contribution is 2.25. The first-order chi connectivity index (χ1) is 12.6. The van der Waals surface area contributed by atoms with Gasteiger partial charge >= 0.3 is 0 Å². The largest absolute Gasteiger partial charge is 0.494 e. The normalized spacial score (nSPS) is 11.5. The van der Waals surface area contributed by atoms with Crippen molar-refractivity contribution >= 4 is 11.6 Å². The molecule has 0 aliphatic rings. The fraction of sp³-hybridized carbons (Fsp3) is 0.381. The number of para-hydroxylation sites is 2. The summed E-state index contributed by atoms with van der Waals surface area (Å²) in [6, 6.07) is 14.6. The number of amides is 1. The average Bonchev–Trinajstić information content (AvgIpc) is 2.65. The third kappa shape index (κ3) is 5.99. The Bertz CT molecular complexity index is 685. The topological polar surface area (TPSA) is 56.8 Å². The number of rotatable bonds is 10. The molecule has 2 aromatic rings. The highest BCUT2D eigenvalue weighted by atomic mass is 16.5. The quantitative estimate of drug-likeness (QED) is 0.628. The second-order valence-electron chi connectivity index (χ2n) is 5.85. The van der Waals surface area contributed by atoms with E-state index in [4.69, 9.17) is 14.2 Å². The molecule has 0 saturated carbocycles. The van der Waals surface area contributed by atoms with Crippen LogP contribution < -0.4 is 19.5 Å². The molecule has 0 spiro atoms. The van der Waals surface area contributed by atoms with Crippen LogP contribution >= 0.6 is 0 Å². The molecule has 140 valence electrons. The SMILES string of the molecule is CCCCOc1ccccc1NC(=O)C(C)Oc1ccc(OCC)cc1. The van der Waals surface area contributed by atoms with Crippen LogP contribution in [0, 0.1) is 0 Å². The molecule has 1 amide bonds. The van der Waals surface area contributed by atoms with E-state index in [1.54, 1.807) is 19.1 Å². The highest BCUT2D eigenvalue weighted by molar-refractivity contribution is 5.95. The van der Waals surface area contributed by atoms with Gasteiger partial charge in [0, 0.05) is 0 Å². The summed E-state index contributed by atoms with van der Waals surface area (Å²) in [6.45, 7) is 6.99. The fourth-order valence-electron chi connectivity index (χ4n) is 2.30. The zero-order chi connectivity index (χ0) is 18.8. The number of anilines is 1. The van der Waals surface area contributed by atoms with Crippen LogP contribution in [0.25, 0.3) is 0 Å². The molecular formula is C21H27NO4. The maximum Gasteiger partial charge on any atom is 0.265 e. The molecule has 0 bridgehead atoms. The second-order valence-corrected chi connectivity index (χ2v) is 5.85. The van der Waals surface area contributed by atoms with E-state index in [-0.39, 0.29) is 5.91 Å². The Balaban J connectivity index is 1.94. The lowest BCUT2D eigenvalue weighted by molar-refractivity contribution is -0.122. The molecule has 26 heavy (non-hydrogen) atoms. The number of nitrogens with one attached hydrogen (secondary N) is 1. The van der Waals surface area contributed by atoms with Crippen LogP contribution in [0.2, 0.25) is 0 Å². The number of benzene rings is 2. The maximum absolute atomic E-state index is 12.5. The summed E-state index contributed by atoms with van der Waals surface area (Å²) in [6.07, 6.45) is 1.39. The molecule has 0 radical (unpaired) electrons. The molecule has 0 heterocycles. The lowest BCUT2D eigenvalue weighted by Crippen LogP contribution is -2.30. The molecule has 0 saturated heterocycles. The van der Waals surface area contributed by atoms with Gasteiger partial charge < -0.3 is 19.5 Å². The van der Waals surface area contributed by atoms with Crippen LogP contribution in [0.5, 0.6) is 17.2 Å². The van der Waals surface area contributed by atoms with Gasteiger partial charge in [-0.3, -0.25) is 4.79 Å². The Hall–Kier alpha value is -2.69. The van der Waals surface area contributed by atoms with Gasteiger partial charge in [-0.1, -0.05) is 25.5 Å². The maximum atomic E-state index is 12.5. The van der Waals surface area contributed by atoms with Gasteiger partial charge in [0.15, 0.2) is 6.10 Å². The Morgan fingerprint density at radius 1 is 1.00 bits per heavy atom. The minimum absolute atomic E-state index is 0.231. The molecule has 0 fully saturated rings. The van der Waals surface area contributed by atoms with Crippen molar-refractivity contribution in [3.8, 4) is 17.2 Å². The molecule has 2 aromatic carbocycles. The van der Waals surface area contributed by atoms with Gasteiger partial charge in [-0.15, -0.1) is 0 Å². The summed E-state index contributed by atoms with van der Waals surface area (Å²) in [4.78, 5) is 12.5. The summed E-state index contributed by atoms with van der Waals surface area (Å²) in [5, 5.41) is 2.88.